The van der Waals surface area contributed by atoms with Crippen molar-refractivity contribution in [1.29, 1.82) is 0 Å². The Morgan fingerprint density at radius 3 is 2.69 bits per heavy atom. The maximum atomic E-state index is 11.8. The van der Waals surface area contributed by atoms with Crippen LogP contribution in [-0.2, 0) is 0 Å². The Balaban J connectivity index is 2.23. The van der Waals surface area contributed by atoms with Gasteiger partial charge in [-0.15, -0.1) is 0 Å². The Kier molecular flexibility index (Phi) is 3.19. The summed E-state index contributed by atoms with van der Waals surface area (Å²) in [4.78, 5) is 13.3. The van der Waals surface area contributed by atoms with Crippen LogP contribution < -0.4 is 4.74 Å². The standard InChI is InChI=1S/C12H14BrNO2/c1-14(2)12(15)8-3-6-10(13)11(7-8)16-9-4-5-9/h3,6-7,9H,4-5H2,1-2H3. The van der Waals surface area contributed by atoms with E-state index >= 15 is 0 Å². The van der Waals surface area contributed by atoms with Gasteiger partial charge in [0.1, 0.15) is 5.75 Å². The quantitative estimate of drug-likeness (QED) is 0.854. The average molecular weight is 284 g/mol. The highest BCUT2D eigenvalue weighted by Gasteiger charge is 2.24. The van der Waals surface area contributed by atoms with Crippen LogP contribution in [0.4, 0.5) is 0 Å². The van der Waals surface area contributed by atoms with Gasteiger partial charge in [-0.05, 0) is 47.0 Å². The molecule has 0 saturated heterocycles. The summed E-state index contributed by atoms with van der Waals surface area (Å²) >= 11 is 3.42. The van der Waals surface area contributed by atoms with Crippen LogP contribution in [0.15, 0.2) is 22.7 Å². The van der Waals surface area contributed by atoms with Crippen LogP contribution in [0.2, 0.25) is 0 Å². The zero-order valence-electron chi connectivity index (χ0n) is 9.37. The van der Waals surface area contributed by atoms with Gasteiger partial charge in [-0.25, -0.2) is 0 Å². The highest BCUT2D eigenvalue weighted by Crippen LogP contribution is 2.32. The number of rotatable bonds is 3. The molecule has 1 aromatic rings. The number of hydrogen-bond acceptors (Lipinski definition) is 2. The second kappa shape index (κ2) is 4.45. The minimum Gasteiger partial charge on any atom is -0.489 e. The highest BCUT2D eigenvalue weighted by molar-refractivity contribution is 9.10. The highest BCUT2D eigenvalue weighted by atomic mass is 79.9. The molecule has 0 unspecified atom stereocenters. The molecule has 0 N–H and O–H groups in total. The molecule has 1 aromatic carbocycles. The van der Waals surface area contributed by atoms with Crippen molar-refractivity contribution in [2.75, 3.05) is 14.1 Å². The van der Waals surface area contributed by atoms with Crippen LogP contribution in [-0.4, -0.2) is 31.0 Å². The summed E-state index contributed by atoms with van der Waals surface area (Å²) in [5.74, 6) is 0.753. The number of carbonyl (C=O) groups is 1. The molecular weight excluding hydrogens is 270 g/mol. The maximum absolute atomic E-state index is 11.8. The van der Waals surface area contributed by atoms with E-state index in [1.165, 1.54) is 0 Å². The average Bonchev–Trinajstić information content (AvgIpc) is 3.04. The van der Waals surface area contributed by atoms with Gasteiger partial charge in [0.05, 0.1) is 10.6 Å². The van der Waals surface area contributed by atoms with Gasteiger partial charge < -0.3 is 9.64 Å². The Morgan fingerprint density at radius 1 is 1.44 bits per heavy atom. The lowest BCUT2D eigenvalue weighted by Gasteiger charge is -2.12. The zero-order valence-corrected chi connectivity index (χ0v) is 11.0. The molecule has 1 fully saturated rings. The first-order chi connectivity index (χ1) is 7.58. The molecule has 0 aliphatic heterocycles. The molecular formula is C12H14BrNO2. The smallest absolute Gasteiger partial charge is 0.253 e. The van der Waals surface area contributed by atoms with Gasteiger partial charge in [-0.3, -0.25) is 4.79 Å². The first-order valence-electron chi connectivity index (χ1n) is 5.26. The predicted molar refractivity (Wildman–Crippen MR) is 65.8 cm³/mol. The van der Waals surface area contributed by atoms with Crippen molar-refractivity contribution in [1.82, 2.24) is 4.90 Å². The minimum atomic E-state index is -0.00635. The molecule has 1 saturated carbocycles. The summed E-state index contributed by atoms with van der Waals surface area (Å²) in [6.07, 6.45) is 2.55. The summed E-state index contributed by atoms with van der Waals surface area (Å²) in [7, 11) is 3.48. The van der Waals surface area contributed by atoms with E-state index in [0.717, 1.165) is 23.1 Å². The van der Waals surface area contributed by atoms with Crippen LogP contribution >= 0.6 is 15.9 Å². The third kappa shape index (κ3) is 2.55. The number of nitrogens with zero attached hydrogens (tertiary/aromatic N) is 1. The van der Waals surface area contributed by atoms with E-state index < -0.39 is 0 Å². The van der Waals surface area contributed by atoms with Gasteiger partial charge in [-0.2, -0.15) is 0 Å². The van der Waals surface area contributed by atoms with E-state index in [-0.39, 0.29) is 5.91 Å². The Morgan fingerprint density at radius 2 is 2.12 bits per heavy atom. The summed E-state index contributed by atoms with van der Waals surface area (Å²) in [6, 6.07) is 5.45. The fraction of sp³-hybridized carbons (Fsp3) is 0.417. The summed E-state index contributed by atoms with van der Waals surface area (Å²) < 4.78 is 6.61. The number of carbonyl (C=O) groups excluding carboxylic acids is 1. The van der Waals surface area contributed by atoms with E-state index in [4.69, 9.17) is 4.74 Å². The summed E-state index contributed by atoms with van der Waals surface area (Å²) in [5, 5.41) is 0. The van der Waals surface area contributed by atoms with Crippen molar-refractivity contribution in [3.05, 3.63) is 28.2 Å². The molecule has 0 atom stereocenters. The molecule has 86 valence electrons. The summed E-state index contributed by atoms with van der Waals surface area (Å²) in [5.41, 5.74) is 0.656. The minimum absolute atomic E-state index is 0.00635. The van der Waals surface area contributed by atoms with Crippen molar-refractivity contribution in [3.8, 4) is 5.75 Å². The third-order valence-corrected chi connectivity index (χ3v) is 3.06. The monoisotopic (exact) mass is 283 g/mol. The molecule has 0 bridgehead atoms. The molecule has 0 heterocycles. The second-order valence-electron chi connectivity index (χ2n) is 4.16. The van der Waals surface area contributed by atoms with Gasteiger partial charge >= 0.3 is 0 Å². The van der Waals surface area contributed by atoms with Gasteiger partial charge in [0.2, 0.25) is 0 Å². The lowest BCUT2D eigenvalue weighted by atomic mass is 10.2. The lowest BCUT2D eigenvalue weighted by molar-refractivity contribution is 0.0827. The largest absolute Gasteiger partial charge is 0.489 e. The van der Waals surface area contributed by atoms with Crippen molar-refractivity contribution in [3.63, 3.8) is 0 Å². The van der Waals surface area contributed by atoms with Gasteiger partial charge in [0.25, 0.3) is 5.91 Å². The molecule has 4 heteroatoms. The topological polar surface area (TPSA) is 29.5 Å². The van der Waals surface area contributed by atoms with E-state index in [1.807, 2.05) is 6.07 Å². The van der Waals surface area contributed by atoms with E-state index in [0.29, 0.717) is 11.7 Å². The number of benzene rings is 1. The number of halogens is 1. The van der Waals surface area contributed by atoms with Gasteiger partial charge in [0, 0.05) is 19.7 Å². The Hall–Kier alpha value is -1.03. The van der Waals surface area contributed by atoms with Gasteiger partial charge in [-0.1, -0.05) is 0 Å². The van der Waals surface area contributed by atoms with Gasteiger partial charge in [0.15, 0.2) is 0 Å². The maximum Gasteiger partial charge on any atom is 0.253 e. The number of amides is 1. The third-order valence-electron chi connectivity index (χ3n) is 2.40. The van der Waals surface area contributed by atoms with E-state index in [1.54, 1.807) is 31.1 Å². The predicted octanol–water partition coefficient (Wildman–Crippen LogP) is 2.69. The molecule has 0 aromatic heterocycles. The van der Waals surface area contributed by atoms with E-state index in [2.05, 4.69) is 15.9 Å². The summed E-state index contributed by atoms with van der Waals surface area (Å²) in [6.45, 7) is 0. The van der Waals surface area contributed by atoms with E-state index in [9.17, 15) is 4.79 Å². The lowest BCUT2D eigenvalue weighted by Crippen LogP contribution is -2.21. The fourth-order valence-electron chi connectivity index (χ4n) is 1.35. The van der Waals surface area contributed by atoms with Crippen molar-refractivity contribution in [2.24, 2.45) is 0 Å². The van der Waals surface area contributed by atoms with Crippen molar-refractivity contribution in [2.45, 2.75) is 18.9 Å². The van der Waals surface area contributed by atoms with Crippen LogP contribution in [0.25, 0.3) is 0 Å². The molecule has 0 radical (unpaired) electrons. The first-order valence-corrected chi connectivity index (χ1v) is 6.05. The Labute approximate surface area is 104 Å². The van der Waals surface area contributed by atoms with Crippen molar-refractivity contribution >= 4 is 21.8 Å². The molecule has 16 heavy (non-hydrogen) atoms. The first kappa shape index (κ1) is 11.5. The van der Waals surface area contributed by atoms with Crippen LogP contribution in [0.3, 0.4) is 0 Å². The normalized spacial score (nSPS) is 14.7. The Bertz CT molecular complexity index is 413. The van der Waals surface area contributed by atoms with Crippen molar-refractivity contribution < 1.29 is 9.53 Å². The SMILES string of the molecule is CN(C)C(=O)c1ccc(Br)c(OC2CC2)c1. The van der Waals surface area contributed by atoms with Crippen LogP contribution in [0.5, 0.6) is 5.75 Å². The van der Waals surface area contributed by atoms with Crippen LogP contribution in [0.1, 0.15) is 23.2 Å². The second-order valence-corrected chi connectivity index (χ2v) is 5.02. The molecule has 0 spiro atoms. The molecule has 3 nitrogen and oxygen atoms in total. The number of hydrogen-bond donors (Lipinski definition) is 0. The fourth-order valence-corrected chi connectivity index (χ4v) is 1.69. The molecule has 1 amide bonds. The number of ether oxygens (including phenoxy) is 1. The molecule has 2 rings (SSSR count). The molecule has 1 aliphatic rings. The van der Waals surface area contributed by atoms with Crippen LogP contribution in [0, 0.1) is 0 Å². The molecule has 1 aliphatic carbocycles. The zero-order chi connectivity index (χ0) is 11.7.